The van der Waals surface area contributed by atoms with E-state index in [0.717, 1.165) is 27.9 Å². The minimum Gasteiger partial charge on any atom is -0.338 e. The molecule has 2 aromatic heterocycles. The minimum absolute atomic E-state index is 0.0301. The lowest BCUT2D eigenvalue weighted by molar-refractivity contribution is -0.130. The second-order valence-corrected chi connectivity index (χ2v) is 7.69. The summed E-state index contributed by atoms with van der Waals surface area (Å²) in [5.74, 6) is 1.71. The third kappa shape index (κ3) is 4.26. The maximum absolute atomic E-state index is 12.3. The number of carbonyl (C=O) groups is 1. The van der Waals surface area contributed by atoms with Crippen LogP contribution in [0.3, 0.4) is 0 Å². The Balaban J connectivity index is 1.38. The molecule has 1 aliphatic heterocycles. The van der Waals surface area contributed by atoms with Gasteiger partial charge in [-0.15, -0.1) is 11.3 Å². The van der Waals surface area contributed by atoms with Gasteiger partial charge in [-0.1, -0.05) is 30.3 Å². The van der Waals surface area contributed by atoms with Crippen LogP contribution in [0.2, 0.25) is 0 Å². The first-order valence-corrected chi connectivity index (χ1v) is 10.0. The number of amides is 1. The van der Waals surface area contributed by atoms with Crippen LogP contribution in [-0.4, -0.2) is 38.8 Å². The Morgan fingerprint density at radius 1 is 1.18 bits per heavy atom. The molecule has 28 heavy (non-hydrogen) atoms. The summed E-state index contributed by atoms with van der Waals surface area (Å²) >= 11 is 1.55. The van der Waals surface area contributed by atoms with Gasteiger partial charge in [0.05, 0.1) is 11.4 Å². The van der Waals surface area contributed by atoms with Crippen molar-refractivity contribution in [2.45, 2.75) is 19.8 Å². The summed E-state index contributed by atoms with van der Waals surface area (Å²) in [4.78, 5) is 27.6. The van der Waals surface area contributed by atoms with E-state index in [-0.39, 0.29) is 11.8 Å². The highest BCUT2D eigenvalue weighted by atomic mass is 32.1. The summed E-state index contributed by atoms with van der Waals surface area (Å²) < 4.78 is 0. The van der Waals surface area contributed by atoms with Crippen LogP contribution in [0.15, 0.2) is 47.9 Å². The third-order valence-corrected chi connectivity index (χ3v) is 5.42. The smallest absolute Gasteiger partial charge is 0.246 e. The molecule has 1 aliphatic rings. The summed E-state index contributed by atoms with van der Waals surface area (Å²) in [7, 11) is 0. The van der Waals surface area contributed by atoms with Crippen molar-refractivity contribution in [2.75, 3.05) is 18.4 Å². The summed E-state index contributed by atoms with van der Waals surface area (Å²) in [6.07, 6.45) is 3.48. The largest absolute Gasteiger partial charge is 0.338 e. The summed E-state index contributed by atoms with van der Waals surface area (Å²) in [6.45, 7) is 5.19. The van der Waals surface area contributed by atoms with Crippen LogP contribution in [0, 0.1) is 13.8 Å². The quantitative estimate of drug-likeness (QED) is 0.667. The fourth-order valence-electron chi connectivity index (χ4n) is 3.07. The number of carbonyl (C=O) groups excluding carboxylic acids is 1. The lowest BCUT2D eigenvalue weighted by atomic mass is 9.95. The SMILES string of the molecule is Cc1csc(Nc2cc(C3CN(C(=O)/C=C/c4ccccc4)C3)nc(C)n2)n1. The van der Waals surface area contributed by atoms with Gasteiger partial charge in [-0.2, -0.15) is 0 Å². The molecule has 0 radical (unpaired) electrons. The second-order valence-electron chi connectivity index (χ2n) is 6.83. The Hall–Kier alpha value is -3.06. The number of benzene rings is 1. The predicted octanol–water partition coefficient (Wildman–Crippen LogP) is 3.93. The molecule has 1 fully saturated rings. The number of rotatable bonds is 5. The Bertz CT molecular complexity index is 1010. The number of nitrogens with zero attached hydrogens (tertiary/aromatic N) is 4. The lowest BCUT2D eigenvalue weighted by Crippen LogP contribution is -2.48. The van der Waals surface area contributed by atoms with Crippen molar-refractivity contribution in [1.82, 2.24) is 19.9 Å². The number of likely N-dealkylation sites (tertiary alicyclic amines) is 1. The third-order valence-electron chi connectivity index (χ3n) is 4.54. The molecule has 6 nitrogen and oxygen atoms in total. The van der Waals surface area contributed by atoms with Crippen molar-refractivity contribution < 1.29 is 4.79 Å². The van der Waals surface area contributed by atoms with Crippen molar-refractivity contribution in [3.05, 3.63) is 70.6 Å². The molecule has 0 unspecified atom stereocenters. The van der Waals surface area contributed by atoms with E-state index in [0.29, 0.717) is 18.9 Å². The predicted molar refractivity (Wildman–Crippen MR) is 112 cm³/mol. The van der Waals surface area contributed by atoms with E-state index in [1.807, 2.05) is 66.6 Å². The van der Waals surface area contributed by atoms with E-state index in [9.17, 15) is 4.79 Å². The molecule has 1 saturated heterocycles. The normalized spacial score (nSPS) is 14.3. The van der Waals surface area contributed by atoms with Gasteiger partial charge in [0.25, 0.3) is 0 Å². The zero-order chi connectivity index (χ0) is 19.5. The van der Waals surface area contributed by atoms with Gasteiger partial charge >= 0.3 is 0 Å². The van der Waals surface area contributed by atoms with Gasteiger partial charge in [0, 0.05) is 36.5 Å². The molecule has 1 N–H and O–H groups in total. The van der Waals surface area contributed by atoms with Crippen LogP contribution in [0.25, 0.3) is 6.08 Å². The number of thiazole rings is 1. The maximum atomic E-state index is 12.3. The maximum Gasteiger partial charge on any atom is 0.246 e. The van der Waals surface area contributed by atoms with Crippen molar-refractivity contribution in [3.63, 3.8) is 0 Å². The van der Waals surface area contributed by atoms with Gasteiger partial charge in [-0.25, -0.2) is 15.0 Å². The number of hydrogen-bond donors (Lipinski definition) is 1. The molecule has 0 aliphatic carbocycles. The highest BCUT2D eigenvalue weighted by Gasteiger charge is 2.32. The first-order chi connectivity index (χ1) is 13.6. The average Bonchev–Trinajstić information content (AvgIpc) is 3.04. The van der Waals surface area contributed by atoms with Gasteiger partial charge in [0.1, 0.15) is 11.6 Å². The molecule has 0 atom stereocenters. The van der Waals surface area contributed by atoms with Gasteiger partial charge in [0.2, 0.25) is 5.91 Å². The molecule has 0 bridgehead atoms. The van der Waals surface area contributed by atoms with Crippen LogP contribution in [0.5, 0.6) is 0 Å². The highest BCUT2D eigenvalue weighted by Crippen LogP contribution is 2.28. The number of hydrogen-bond acceptors (Lipinski definition) is 6. The number of aryl methyl sites for hydroxylation is 2. The van der Waals surface area contributed by atoms with Crippen molar-refractivity contribution >= 4 is 34.3 Å². The Morgan fingerprint density at radius 3 is 2.68 bits per heavy atom. The summed E-state index contributed by atoms with van der Waals surface area (Å²) in [5, 5.41) is 6.06. The van der Waals surface area contributed by atoms with Crippen molar-refractivity contribution in [1.29, 1.82) is 0 Å². The monoisotopic (exact) mass is 391 g/mol. The molecule has 0 saturated carbocycles. The molecular formula is C21H21N5OS. The first-order valence-electron chi connectivity index (χ1n) is 9.13. The van der Waals surface area contributed by atoms with Crippen LogP contribution in [0.4, 0.5) is 10.9 Å². The molecular weight excluding hydrogens is 370 g/mol. The molecule has 1 amide bonds. The van der Waals surface area contributed by atoms with Gasteiger partial charge in [-0.05, 0) is 25.5 Å². The van der Waals surface area contributed by atoms with Crippen LogP contribution >= 0.6 is 11.3 Å². The van der Waals surface area contributed by atoms with Gasteiger partial charge in [0.15, 0.2) is 5.13 Å². The Labute approximate surface area is 168 Å². The fraction of sp³-hybridized carbons (Fsp3) is 0.238. The average molecular weight is 392 g/mol. The number of nitrogens with one attached hydrogen (secondary N) is 1. The summed E-state index contributed by atoms with van der Waals surface area (Å²) in [6, 6.07) is 11.8. The van der Waals surface area contributed by atoms with E-state index in [2.05, 4.69) is 20.3 Å². The number of aromatic nitrogens is 3. The molecule has 7 heteroatoms. The summed E-state index contributed by atoms with van der Waals surface area (Å²) in [5.41, 5.74) is 2.96. The zero-order valence-electron chi connectivity index (χ0n) is 15.8. The van der Waals surface area contributed by atoms with E-state index in [4.69, 9.17) is 0 Å². The van der Waals surface area contributed by atoms with E-state index in [1.165, 1.54) is 0 Å². The second kappa shape index (κ2) is 7.90. The molecule has 1 aromatic carbocycles. The zero-order valence-corrected chi connectivity index (χ0v) is 16.6. The highest BCUT2D eigenvalue weighted by molar-refractivity contribution is 7.13. The van der Waals surface area contributed by atoms with E-state index < -0.39 is 0 Å². The van der Waals surface area contributed by atoms with Gasteiger partial charge < -0.3 is 10.2 Å². The number of anilines is 2. The van der Waals surface area contributed by atoms with E-state index >= 15 is 0 Å². The molecule has 142 valence electrons. The van der Waals surface area contributed by atoms with Crippen LogP contribution in [-0.2, 0) is 4.79 Å². The van der Waals surface area contributed by atoms with Crippen LogP contribution in [0.1, 0.15) is 28.7 Å². The van der Waals surface area contributed by atoms with E-state index in [1.54, 1.807) is 17.4 Å². The fourth-order valence-corrected chi connectivity index (χ4v) is 3.76. The first kappa shape index (κ1) is 18.3. The van der Waals surface area contributed by atoms with Crippen molar-refractivity contribution in [3.8, 4) is 0 Å². The lowest BCUT2D eigenvalue weighted by Gasteiger charge is -2.38. The Kier molecular flexibility index (Phi) is 5.16. The molecule has 0 spiro atoms. The Morgan fingerprint density at radius 2 is 1.96 bits per heavy atom. The minimum atomic E-state index is 0.0301. The standard InChI is InChI=1S/C21H21N5OS/c1-14-13-28-21(22-14)25-19-10-18(23-15(2)24-19)17-11-26(12-17)20(27)9-8-16-6-4-3-5-7-16/h3-10,13,17H,11-12H2,1-2H3,(H,22,23,24,25)/b9-8+. The van der Waals surface area contributed by atoms with Crippen molar-refractivity contribution in [2.24, 2.45) is 0 Å². The van der Waals surface area contributed by atoms with Crippen LogP contribution < -0.4 is 5.32 Å². The molecule has 4 rings (SSSR count). The molecule has 3 heterocycles. The topological polar surface area (TPSA) is 71.0 Å². The van der Waals surface area contributed by atoms with Gasteiger partial charge in [-0.3, -0.25) is 4.79 Å². The molecule has 3 aromatic rings.